The largest absolute Gasteiger partial charge is 0.477 e. The summed E-state index contributed by atoms with van der Waals surface area (Å²) in [6.45, 7) is 4.87. The molecule has 1 aromatic rings. The van der Waals surface area contributed by atoms with Gasteiger partial charge in [-0.1, -0.05) is 0 Å². The number of hydrogen-bond donors (Lipinski definition) is 1. The quantitative estimate of drug-likeness (QED) is 0.927. The summed E-state index contributed by atoms with van der Waals surface area (Å²) in [5, 5.41) is 9.00. The van der Waals surface area contributed by atoms with Gasteiger partial charge in [0.05, 0.1) is 0 Å². The Morgan fingerprint density at radius 3 is 2.73 bits per heavy atom. The van der Waals surface area contributed by atoms with Crippen LogP contribution in [0.15, 0.2) is 16.7 Å². The van der Waals surface area contributed by atoms with Crippen LogP contribution in [0.4, 0.5) is 0 Å². The number of rotatable bonds is 4. The molecule has 0 saturated heterocycles. The summed E-state index contributed by atoms with van der Waals surface area (Å²) in [6, 6.07) is 1.62. The molecule has 0 fully saturated rings. The molecule has 1 aromatic heterocycles. The van der Waals surface area contributed by atoms with Crippen molar-refractivity contribution in [3.63, 3.8) is 0 Å². The number of aromatic carboxylic acids is 1. The minimum atomic E-state index is -0.891. The number of carboxylic acids is 1. The van der Waals surface area contributed by atoms with E-state index in [9.17, 15) is 4.79 Å². The first-order valence-corrected chi connectivity index (χ1v) is 6.51. The van der Waals surface area contributed by atoms with Crippen LogP contribution in [0.25, 0.3) is 0 Å². The van der Waals surface area contributed by atoms with E-state index in [1.54, 1.807) is 28.6 Å². The number of carbonyl (C=O) groups is 1. The van der Waals surface area contributed by atoms with Gasteiger partial charge in [0, 0.05) is 22.0 Å². The highest BCUT2D eigenvalue weighted by molar-refractivity contribution is 9.10. The van der Waals surface area contributed by atoms with Crippen LogP contribution in [-0.2, 0) is 6.54 Å². The van der Waals surface area contributed by atoms with Crippen molar-refractivity contribution in [2.45, 2.75) is 25.1 Å². The lowest BCUT2D eigenvalue weighted by molar-refractivity contribution is 0.0684. The lowest BCUT2D eigenvalue weighted by Crippen LogP contribution is -2.24. The maximum absolute atomic E-state index is 11.0. The van der Waals surface area contributed by atoms with Gasteiger partial charge in [0.2, 0.25) is 0 Å². The third-order valence-corrected chi connectivity index (χ3v) is 3.85. The fourth-order valence-corrected chi connectivity index (χ4v) is 1.99. The summed E-state index contributed by atoms with van der Waals surface area (Å²) in [5.41, 5.74) is 0.323. The topological polar surface area (TPSA) is 42.2 Å². The SMILES string of the molecule is CSC(C)(C)Cn1cc(Br)cc1C(=O)O. The van der Waals surface area contributed by atoms with Crippen molar-refractivity contribution in [2.75, 3.05) is 6.26 Å². The van der Waals surface area contributed by atoms with Gasteiger partial charge in [-0.25, -0.2) is 4.79 Å². The minimum Gasteiger partial charge on any atom is -0.477 e. The highest BCUT2D eigenvalue weighted by atomic mass is 79.9. The maximum Gasteiger partial charge on any atom is 0.352 e. The van der Waals surface area contributed by atoms with E-state index >= 15 is 0 Å². The fourth-order valence-electron chi connectivity index (χ4n) is 1.26. The van der Waals surface area contributed by atoms with Crippen LogP contribution in [0.3, 0.4) is 0 Å². The van der Waals surface area contributed by atoms with Gasteiger partial charge in [-0.05, 0) is 42.1 Å². The van der Waals surface area contributed by atoms with Crippen molar-refractivity contribution in [1.82, 2.24) is 4.57 Å². The van der Waals surface area contributed by atoms with E-state index in [0.717, 1.165) is 4.47 Å². The second kappa shape index (κ2) is 4.61. The molecule has 0 bridgehead atoms. The fraction of sp³-hybridized carbons (Fsp3) is 0.500. The van der Waals surface area contributed by atoms with Gasteiger partial charge < -0.3 is 9.67 Å². The standard InChI is InChI=1S/C10H14BrNO2S/c1-10(2,15-3)6-12-5-7(11)4-8(12)9(13)14/h4-5H,6H2,1-3H3,(H,13,14). The smallest absolute Gasteiger partial charge is 0.352 e. The van der Waals surface area contributed by atoms with Crippen molar-refractivity contribution < 1.29 is 9.90 Å². The minimum absolute atomic E-state index is 0.0304. The number of nitrogens with zero attached hydrogens (tertiary/aromatic N) is 1. The van der Waals surface area contributed by atoms with E-state index in [1.165, 1.54) is 0 Å². The molecular formula is C10H14BrNO2S. The van der Waals surface area contributed by atoms with Gasteiger partial charge in [0.25, 0.3) is 0 Å². The van der Waals surface area contributed by atoms with Crippen LogP contribution in [0.1, 0.15) is 24.3 Å². The average Bonchev–Trinajstić information content (AvgIpc) is 2.46. The second-order valence-corrected chi connectivity index (χ2v) is 6.37. The Morgan fingerprint density at radius 1 is 1.67 bits per heavy atom. The van der Waals surface area contributed by atoms with Crippen molar-refractivity contribution in [1.29, 1.82) is 0 Å². The van der Waals surface area contributed by atoms with Crippen molar-refractivity contribution in [3.8, 4) is 0 Å². The van der Waals surface area contributed by atoms with Crippen LogP contribution in [-0.4, -0.2) is 26.6 Å². The van der Waals surface area contributed by atoms with E-state index in [0.29, 0.717) is 12.2 Å². The first-order valence-electron chi connectivity index (χ1n) is 4.50. The molecule has 0 aliphatic rings. The molecule has 1 heterocycles. The molecule has 0 aliphatic carbocycles. The highest BCUT2D eigenvalue weighted by Gasteiger charge is 2.20. The molecule has 0 aliphatic heterocycles. The van der Waals surface area contributed by atoms with E-state index in [1.807, 2.05) is 6.26 Å². The molecule has 84 valence electrons. The lowest BCUT2D eigenvalue weighted by Gasteiger charge is -2.23. The molecular weight excluding hydrogens is 278 g/mol. The third-order valence-electron chi connectivity index (χ3n) is 2.19. The maximum atomic E-state index is 11.0. The van der Waals surface area contributed by atoms with E-state index in [4.69, 9.17) is 5.11 Å². The van der Waals surface area contributed by atoms with Gasteiger partial charge in [-0.15, -0.1) is 0 Å². The lowest BCUT2D eigenvalue weighted by atomic mass is 10.2. The Kier molecular flexibility index (Phi) is 3.89. The summed E-state index contributed by atoms with van der Waals surface area (Å²) in [6.07, 6.45) is 3.83. The summed E-state index contributed by atoms with van der Waals surface area (Å²) < 4.78 is 2.60. The number of aromatic nitrogens is 1. The molecule has 0 aromatic carbocycles. The first kappa shape index (κ1) is 12.6. The highest BCUT2D eigenvalue weighted by Crippen LogP contribution is 2.26. The van der Waals surface area contributed by atoms with E-state index < -0.39 is 5.97 Å². The van der Waals surface area contributed by atoms with Crippen LogP contribution < -0.4 is 0 Å². The van der Waals surface area contributed by atoms with Crippen molar-refractivity contribution in [2.24, 2.45) is 0 Å². The van der Waals surface area contributed by atoms with Gasteiger partial charge in [-0.3, -0.25) is 0 Å². The Hall–Kier alpha value is -0.420. The Morgan fingerprint density at radius 2 is 2.27 bits per heavy atom. The average molecular weight is 292 g/mol. The Labute approximate surface area is 102 Å². The first-order chi connectivity index (χ1) is 6.85. The molecule has 3 nitrogen and oxygen atoms in total. The monoisotopic (exact) mass is 291 g/mol. The zero-order chi connectivity index (χ0) is 11.6. The van der Waals surface area contributed by atoms with Gasteiger partial charge in [-0.2, -0.15) is 11.8 Å². The molecule has 5 heteroatoms. The Balaban J connectivity index is 2.99. The Bertz CT molecular complexity index is 373. The van der Waals surface area contributed by atoms with Gasteiger partial charge in [0.15, 0.2) is 0 Å². The summed E-state index contributed by atoms with van der Waals surface area (Å²) in [4.78, 5) is 11.0. The van der Waals surface area contributed by atoms with E-state index in [2.05, 4.69) is 29.8 Å². The predicted molar refractivity (Wildman–Crippen MR) is 66.7 cm³/mol. The summed E-state index contributed by atoms with van der Waals surface area (Å²) in [5.74, 6) is -0.891. The summed E-state index contributed by atoms with van der Waals surface area (Å²) >= 11 is 5.01. The molecule has 0 amide bonds. The second-order valence-electron chi connectivity index (χ2n) is 3.94. The molecule has 1 rings (SSSR count). The number of halogens is 1. The molecule has 1 N–H and O–H groups in total. The molecule has 0 radical (unpaired) electrons. The predicted octanol–water partition coefficient (Wildman–Crippen LogP) is 3.09. The number of hydrogen-bond acceptors (Lipinski definition) is 2. The molecule has 0 spiro atoms. The summed E-state index contributed by atoms with van der Waals surface area (Å²) in [7, 11) is 0. The number of thioether (sulfide) groups is 1. The van der Waals surface area contributed by atoms with E-state index in [-0.39, 0.29) is 4.75 Å². The molecule has 0 unspecified atom stereocenters. The molecule has 0 atom stereocenters. The zero-order valence-corrected chi connectivity index (χ0v) is 11.4. The van der Waals surface area contributed by atoms with Crippen LogP contribution >= 0.6 is 27.7 Å². The van der Waals surface area contributed by atoms with Gasteiger partial charge >= 0.3 is 5.97 Å². The van der Waals surface area contributed by atoms with Crippen LogP contribution in [0.2, 0.25) is 0 Å². The van der Waals surface area contributed by atoms with Crippen LogP contribution in [0.5, 0.6) is 0 Å². The third kappa shape index (κ3) is 3.28. The van der Waals surface area contributed by atoms with Gasteiger partial charge in [0.1, 0.15) is 5.69 Å². The van der Waals surface area contributed by atoms with Crippen molar-refractivity contribution in [3.05, 3.63) is 22.4 Å². The number of carboxylic acid groups (broad SMARTS) is 1. The van der Waals surface area contributed by atoms with Crippen LogP contribution in [0, 0.1) is 0 Å². The molecule has 15 heavy (non-hydrogen) atoms. The van der Waals surface area contributed by atoms with Crippen molar-refractivity contribution >= 4 is 33.7 Å². The molecule has 0 saturated carbocycles. The normalized spacial score (nSPS) is 11.7. The zero-order valence-electron chi connectivity index (χ0n) is 8.95.